The number of benzene rings is 1. The number of pyridine rings is 1. The molecule has 0 N–H and O–H groups in total. The first-order valence-electron chi connectivity index (χ1n) is 8.51. The number of thioether (sulfide) groups is 1. The topological polar surface area (TPSA) is 37.7 Å². The Morgan fingerprint density at radius 3 is 2.92 bits per heavy atom. The Morgan fingerprint density at radius 2 is 2.20 bits per heavy atom. The molecule has 0 unspecified atom stereocenters. The summed E-state index contributed by atoms with van der Waals surface area (Å²) in [5.41, 5.74) is 2.26. The molecule has 0 amide bonds. The quantitative estimate of drug-likeness (QED) is 0.713. The van der Waals surface area contributed by atoms with Crippen LogP contribution in [0.25, 0.3) is 0 Å². The fraction of sp³-hybridized carbons (Fsp3) is 0.368. The second-order valence-electron chi connectivity index (χ2n) is 6.26. The van der Waals surface area contributed by atoms with Crippen molar-refractivity contribution >= 4 is 32.9 Å². The number of hydrogen-bond acceptors (Lipinski definition) is 5. The van der Waals surface area contributed by atoms with Gasteiger partial charge in [-0.1, -0.05) is 30.8 Å². The zero-order chi connectivity index (χ0) is 17.4. The van der Waals surface area contributed by atoms with Gasteiger partial charge in [0.1, 0.15) is 11.8 Å². The molecule has 6 heteroatoms. The van der Waals surface area contributed by atoms with Gasteiger partial charge in [-0.15, -0.1) is 0 Å². The number of aromatic nitrogens is 1. The summed E-state index contributed by atoms with van der Waals surface area (Å²) >= 11 is 5.51. The van der Waals surface area contributed by atoms with E-state index in [1.54, 1.807) is 0 Å². The fourth-order valence-electron chi connectivity index (χ4n) is 3.45. The first kappa shape index (κ1) is 16.9. The molecular weight excluding hydrogens is 398 g/mol. The average molecular weight is 418 g/mol. The standard InChI is InChI=1S/C19H20BrN3OS/c1-3-24-16-8-7-13(10-14(16)20)18-17(15-6-4-5-9-21-15)22-19-23(18)11-12(2)25-19/h4-10,12,17-18H,3,11H2,1-2H3/t12-,17+,18+/m0/s1. The molecule has 2 aromatic rings. The number of nitrogens with zero attached hydrogens (tertiary/aromatic N) is 3. The van der Waals surface area contributed by atoms with Crippen molar-refractivity contribution in [3.05, 3.63) is 58.3 Å². The van der Waals surface area contributed by atoms with Crippen LogP contribution in [0.1, 0.15) is 37.2 Å². The van der Waals surface area contributed by atoms with Crippen molar-refractivity contribution in [1.82, 2.24) is 9.88 Å². The summed E-state index contributed by atoms with van der Waals surface area (Å²) in [6, 6.07) is 12.6. The van der Waals surface area contributed by atoms with Gasteiger partial charge in [0.05, 0.1) is 22.8 Å². The largest absolute Gasteiger partial charge is 0.493 e. The maximum Gasteiger partial charge on any atom is 0.160 e. The number of rotatable bonds is 4. The number of hydrogen-bond donors (Lipinski definition) is 0. The molecule has 1 saturated heterocycles. The Labute approximate surface area is 160 Å². The molecule has 0 aliphatic carbocycles. The van der Waals surface area contributed by atoms with E-state index in [4.69, 9.17) is 9.73 Å². The highest BCUT2D eigenvalue weighted by Crippen LogP contribution is 2.48. The molecule has 2 aliphatic heterocycles. The lowest BCUT2D eigenvalue weighted by atomic mass is 9.96. The van der Waals surface area contributed by atoms with Gasteiger partial charge < -0.3 is 9.64 Å². The average Bonchev–Trinajstić information content (AvgIpc) is 3.13. The van der Waals surface area contributed by atoms with Crippen LogP contribution in [-0.2, 0) is 0 Å². The summed E-state index contributed by atoms with van der Waals surface area (Å²) in [5, 5.41) is 1.70. The van der Waals surface area contributed by atoms with E-state index in [0.717, 1.165) is 27.6 Å². The molecular formula is C19H20BrN3OS. The van der Waals surface area contributed by atoms with Crippen LogP contribution < -0.4 is 4.74 Å². The van der Waals surface area contributed by atoms with Crippen LogP contribution in [-0.4, -0.2) is 33.5 Å². The maximum absolute atomic E-state index is 5.66. The lowest BCUT2D eigenvalue weighted by molar-refractivity contribution is 0.319. The summed E-state index contributed by atoms with van der Waals surface area (Å²) < 4.78 is 6.65. The van der Waals surface area contributed by atoms with E-state index >= 15 is 0 Å². The van der Waals surface area contributed by atoms with E-state index in [0.29, 0.717) is 11.9 Å². The van der Waals surface area contributed by atoms with Crippen molar-refractivity contribution < 1.29 is 4.74 Å². The highest BCUT2D eigenvalue weighted by molar-refractivity contribution is 9.10. The number of ether oxygens (including phenoxy) is 1. The Bertz CT molecular complexity index is 799. The van der Waals surface area contributed by atoms with Gasteiger partial charge in [-0.2, -0.15) is 0 Å². The van der Waals surface area contributed by atoms with Crippen molar-refractivity contribution in [3.8, 4) is 5.75 Å². The van der Waals surface area contributed by atoms with Crippen molar-refractivity contribution in [1.29, 1.82) is 0 Å². The minimum Gasteiger partial charge on any atom is -0.493 e. The monoisotopic (exact) mass is 417 g/mol. The van der Waals surface area contributed by atoms with Gasteiger partial charge in [-0.3, -0.25) is 9.98 Å². The highest BCUT2D eigenvalue weighted by atomic mass is 79.9. The zero-order valence-electron chi connectivity index (χ0n) is 14.2. The first-order valence-corrected chi connectivity index (χ1v) is 10.2. The van der Waals surface area contributed by atoms with E-state index < -0.39 is 0 Å². The van der Waals surface area contributed by atoms with Gasteiger partial charge in [-0.25, -0.2) is 0 Å². The molecule has 3 heterocycles. The van der Waals surface area contributed by atoms with Crippen LogP contribution in [0.5, 0.6) is 5.75 Å². The van der Waals surface area contributed by atoms with Crippen LogP contribution in [0, 0.1) is 0 Å². The molecule has 0 radical (unpaired) electrons. The van der Waals surface area contributed by atoms with Gasteiger partial charge in [-0.05, 0) is 52.7 Å². The maximum atomic E-state index is 5.66. The predicted octanol–water partition coefficient (Wildman–Crippen LogP) is 4.83. The summed E-state index contributed by atoms with van der Waals surface area (Å²) in [6.07, 6.45) is 1.85. The molecule has 0 saturated carbocycles. The van der Waals surface area contributed by atoms with Crippen LogP contribution >= 0.6 is 27.7 Å². The van der Waals surface area contributed by atoms with Crippen LogP contribution in [0.2, 0.25) is 0 Å². The highest BCUT2D eigenvalue weighted by Gasteiger charge is 2.43. The molecule has 2 aliphatic rings. The third-order valence-electron chi connectivity index (χ3n) is 4.48. The number of halogens is 1. The number of aliphatic imine (C=N–C) groups is 1. The molecule has 1 fully saturated rings. The number of amidine groups is 1. The summed E-state index contributed by atoms with van der Waals surface area (Å²) in [5.74, 6) is 0.879. The van der Waals surface area contributed by atoms with Crippen molar-refractivity contribution in [2.24, 2.45) is 4.99 Å². The van der Waals surface area contributed by atoms with E-state index in [9.17, 15) is 0 Å². The van der Waals surface area contributed by atoms with E-state index in [1.807, 2.05) is 43.1 Å². The lowest BCUT2D eigenvalue weighted by Gasteiger charge is -2.27. The first-order chi connectivity index (χ1) is 12.2. The Balaban J connectivity index is 1.73. The number of fused-ring (bicyclic) bond motifs is 1. The Morgan fingerprint density at radius 1 is 1.32 bits per heavy atom. The minimum absolute atomic E-state index is 0.0287. The molecule has 130 valence electrons. The normalized spacial score (nSPS) is 25.0. The molecule has 0 bridgehead atoms. The predicted molar refractivity (Wildman–Crippen MR) is 106 cm³/mol. The summed E-state index contributed by atoms with van der Waals surface area (Å²) in [4.78, 5) is 12.0. The molecule has 4 nitrogen and oxygen atoms in total. The second-order valence-corrected chi connectivity index (χ2v) is 8.52. The van der Waals surface area contributed by atoms with Crippen LogP contribution in [0.4, 0.5) is 0 Å². The third-order valence-corrected chi connectivity index (χ3v) is 6.20. The van der Waals surface area contributed by atoms with E-state index in [2.05, 4.69) is 50.9 Å². The van der Waals surface area contributed by atoms with Crippen molar-refractivity contribution in [2.75, 3.05) is 13.2 Å². The summed E-state index contributed by atoms with van der Waals surface area (Å²) in [7, 11) is 0. The minimum atomic E-state index is 0.0287. The molecule has 3 atom stereocenters. The van der Waals surface area contributed by atoms with E-state index in [1.165, 1.54) is 5.56 Å². The van der Waals surface area contributed by atoms with Crippen LogP contribution in [0.15, 0.2) is 52.1 Å². The van der Waals surface area contributed by atoms with Gasteiger partial charge in [0.2, 0.25) is 0 Å². The second kappa shape index (κ2) is 7.00. The van der Waals surface area contributed by atoms with Gasteiger partial charge in [0.25, 0.3) is 0 Å². The SMILES string of the molecule is CCOc1ccc([C@@H]2[C@@H](c3ccccn3)N=C3S[C@@H](C)CN32)cc1Br. The summed E-state index contributed by atoms with van der Waals surface area (Å²) in [6.45, 7) is 5.93. The molecule has 1 aromatic carbocycles. The molecule has 0 spiro atoms. The smallest absolute Gasteiger partial charge is 0.160 e. The molecule has 25 heavy (non-hydrogen) atoms. The Kier molecular flexibility index (Phi) is 4.73. The van der Waals surface area contributed by atoms with Crippen molar-refractivity contribution in [2.45, 2.75) is 31.2 Å². The zero-order valence-corrected chi connectivity index (χ0v) is 16.6. The Hall–Kier alpha value is -1.53. The van der Waals surface area contributed by atoms with Gasteiger partial charge >= 0.3 is 0 Å². The van der Waals surface area contributed by atoms with Crippen LogP contribution in [0.3, 0.4) is 0 Å². The van der Waals surface area contributed by atoms with Gasteiger partial charge in [0, 0.05) is 18.0 Å². The lowest BCUT2D eigenvalue weighted by Crippen LogP contribution is -2.28. The third kappa shape index (κ3) is 3.17. The molecule has 1 aromatic heterocycles. The van der Waals surface area contributed by atoms with E-state index in [-0.39, 0.29) is 12.1 Å². The fourth-order valence-corrected chi connectivity index (χ4v) is 5.06. The van der Waals surface area contributed by atoms with Gasteiger partial charge in [0.15, 0.2) is 5.17 Å². The van der Waals surface area contributed by atoms with Crippen molar-refractivity contribution in [3.63, 3.8) is 0 Å². The molecule has 4 rings (SSSR count).